The topological polar surface area (TPSA) is 47.3 Å². The maximum Gasteiger partial charge on any atom is 0.0892 e. The number of benzene rings is 1. The molecule has 0 aromatic heterocycles. The van der Waals surface area contributed by atoms with Crippen LogP contribution in [0.1, 0.15) is 43.4 Å². The molecule has 3 heteroatoms. The van der Waals surface area contributed by atoms with Crippen molar-refractivity contribution < 1.29 is 4.74 Å². The van der Waals surface area contributed by atoms with Crippen LogP contribution in [0.2, 0.25) is 0 Å². The summed E-state index contributed by atoms with van der Waals surface area (Å²) in [5, 5.41) is 3.32. The van der Waals surface area contributed by atoms with Crippen LogP contribution in [0, 0.1) is 0 Å². The molecule has 0 aliphatic carbocycles. The molecule has 1 aliphatic rings. The zero-order valence-electron chi connectivity index (χ0n) is 11.4. The number of ether oxygens (including phenoxy) is 1. The van der Waals surface area contributed by atoms with E-state index < -0.39 is 0 Å². The van der Waals surface area contributed by atoms with Gasteiger partial charge in [0, 0.05) is 13.1 Å². The molecule has 3 unspecified atom stereocenters. The van der Waals surface area contributed by atoms with E-state index >= 15 is 0 Å². The van der Waals surface area contributed by atoms with Gasteiger partial charge in [0.15, 0.2) is 0 Å². The lowest BCUT2D eigenvalue weighted by Crippen LogP contribution is -2.44. The highest BCUT2D eigenvalue weighted by atomic mass is 16.5. The van der Waals surface area contributed by atoms with Gasteiger partial charge in [-0.15, -0.1) is 0 Å². The minimum Gasteiger partial charge on any atom is -0.374 e. The zero-order valence-corrected chi connectivity index (χ0v) is 11.4. The molecule has 0 radical (unpaired) electrons. The number of hydrogen-bond donors (Lipinski definition) is 2. The van der Waals surface area contributed by atoms with Crippen LogP contribution in [-0.4, -0.2) is 25.8 Å². The van der Waals surface area contributed by atoms with Gasteiger partial charge in [0.1, 0.15) is 0 Å². The van der Waals surface area contributed by atoms with E-state index in [1.165, 1.54) is 12.0 Å². The average molecular weight is 248 g/mol. The fourth-order valence-electron chi connectivity index (χ4n) is 2.31. The molecule has 3 N–H and O–H groups in total. The molecular weight excluding hydrogens is 224 g/mol. The summed E-state index contributed by atoms with van der Waals surface area (Å²) in [7, 11) is 0. The first kappa shape index (κ1) is 13.5. The highest BCUT2D eigenvalue weighted by Crippen LogP contribution is 2.23. The minimum atomic E-state index is -0.0382. The molecule has 1 saturated heterocycles. The van der Waals surface area contributed by atoms with Crippen molar-refractivity contribution in [2.45, 2.75) is 38.3 Å². The lowest BCUT2D eigenvalue weighted by Gasteiger charge is -2.29. The van der Waals surface area contributed by atoms with Gasteiger partial charge in [-0.3, -0.25) is 0 Å². The van der Waals surface area contributed by atoms with Crippen LogP contribution in [0.4, 0.5) is 0 Å². The van der Waals surface area contributed by atoms with Crippen LogP contribution in [0.15, 0.2) is 24.3 Å². The van der Waals surface area contributed by atoms with Gasteiger partial charge in [-0.1, -0.05) is 38.1 Å². The number of rotatable bonds is 4. The molecule has 100 valence electrons. The van der Waals surface area contributed by atoms with Gasteiger partial charge in [0.05, 0.1) is 18.8 Å². The largest absolute Gasteiger partial charge is 0.374 e. The number of morpholine rings is 1. The maximum absolute atomic E-state index is 6.26. The standard InChI is InChI=1S/C15H24N2O/c1-3-11(2)12-4-6-13(7-5-12)15(16)14-10-17-8-9-18-14/h4-7,11,14-15,17H,3,8-10,16H2,1-2H3. The van der Waals surface area contributed by atoms with Crippen LogP contribution in [0.5, 0.6) is 0 Å². The predicted octanol–water partition coefficient (Wildman–Crippen LogP) is 2.19. The van der Waals surface area contributed by atoms with Crippen LogP contribution >= 0.6 is 0 Å². The number of nitrogens with two attached hydrogens (primary N) is 1. The van der Waals surface area contributed by atoms with E-state index in [2.05, 4.69) is 43.4 Å². The Balaban J connectivity index is 2.03. The summed E-state index contributed by atoms with van der Waals surface area (Å²) >= 11 is 0. The molecule has 1 aliphatic heterocycles. The first-order valence-corrected chi connectivity index (χ1v) is 6.90. The van der Waals surface area contributed by atoms with Crippen LogP contribution < -0.4 is 11.1 Å². The second-order valence-corrected chi connectivity index (χ2v) is 5.12. The molecule has 3 atom stereocenters. The lowest BCUT2D eigenvalue weighted by molar-refractivity contribution is 0.0122. The Hall–Kier alpha value is -0.900. The molecular formula is C15H24N2O. The van der Waals surface area contributed by atoms with Crippen molar-refractivity contribution in [2.75, 3.05) is 19.7 Å². The van der Waals surface area contributed by atoms with Gasteiger partial charge < -0.3 is 15.8 Å². The molecule has 1 heterocycles. The molecule has 0 saturated carbocycles. The normalized spacial score (nSPS) is 23.6. The Morgan fingerprint density at radius 3 is 2.56 bits per heavy atom. The SMILES string of the molecule is CCC(C)c1ccc(C(N)C2CNCCO2)cc1. The van der Waals surface area contributed by atoms with Gasteiger partial charge in [-0.05, 0) is 23.5 Å². The van der Waals surface area contributed by atoms with E-state index in [9.17, 15) is 0 Å². The first-order chi connectivity index (χ1) is 8.72. The smallest absolute Gasteiger partial charge is 0.0892 e. The molecule has 1 aromatic carbocycles. The van der Waals surface area contributed by atoms with Gasteiger partial charge in [-0.25, -0.2) is 0 Å². The third kappa shape index (κ3) is 3.10. The predicted molar refractivity (Wildman–Crippen MR) is 74.7 cm³/mol. The summed E-state index contributed by atoms with van der Waals surface area (Å²) in [6, 6.07) is 8.64. The summed E-state index contributed by atoms with van der Waals surface area (Å²) in [5.41, 5.74) is 8.81. The third-order valence-electron chi connectivity index (χ3n) is 3.86. The van der Waals surface area contributed by atoms with E-state index in [0.717, 1.165) is 25.3 Å². The van der Waals surface area contributed by atoms with Crippen molar-refractivity contribution in [1.29, 1.82) is 0 Å². The highest BCUT2D eigenvalue weighted by molar-refractivity contribution is 5.27. The second-order valence-electron chi connectivity index (χ2n) is 5.12. The molecule has 1 aromatic rings. The van der Waals surface area contributed by atoms with E-state index in [1.54, 1.807) is 0 Å². The van der Waals surface area contributed by atoms with Crippen LogP contribution in [0.3, 0.4) is 0 Å². The van der Waals surface area contributed by atoms with Crippen molar-refractivity contribution in [3.05, 3.63) is 35.4 Å². The summed E-state index contributed by atoms with van der Waals surface area (Å²) in [4.78, 5) is 0. The molecule has 0 spiro atoms. The van der Waals surface area contributed by atoms with Crippen LogP contribution in [-0.2, 0) is 4.74 Å². The summed E-state index contributed by atoms with van der Waals surface area (Å²) in [6.07, 6.45) is 1.26. The summed E-state index contributed by atoms with van der Waals surface area (Å²) < 4.78 is 5.71. The Kier molecular flexibility index (Phi) is 4.75. The highest BCUT2D eigenvalue weighted by Gasteiger charge is 2.22. The molecule has 0 amide bonds. The van der Waals surface area contributed by atoms with Crippen molar-refractivity contribution in [1.82, 2.24) is 5.32 Å². The van der Waals surface area contributed by atoms with Gasteiger partial charge >= 0.3 is 0 Å². The van der Waals surface area contributed by atoms with Crippen molar-refractivity contribution in [2.24, 2.45) is 5.73 Å². The molecule has 18 heavy (non-hydrogen) atoms. The Bertz CT molecular complexity index is 357. The summed E-state index contributed by atoms with van der Waals surface area (Å²) in [6.45, 7) is 6.99. The lowest BCUT2D eigenvalue weighted by atomic mass is 9.94. The van der Waals surface area contributed by atoms with Crippen molar-refractivity contribution in [3.63, 3.8) is 0 Å². The fourth-order valence-corrected chi connectivity index (χ4v) is 2.31. The summed E-state index contributed by atoms with van der Waals surface area (Å²) in [5.74, 6) is 0.614. The van der Waals surface area contributed by atoms with Crippen LogP contribution in [0.25, 0.3) is 0 Å². The maximum atomic E-state index is 6.26. The van der Waals surface area contributed by atoms with Gasteiger partial charge in [0.25, 0.3) is 0 Å². The molecule has 1 fully saturated rings. The Labute approximate surface area is 110 Å². The quantitative estimate of drug-likeness (QED) is 0.858. The van der Waals surface area contributed by atoms with E-state index in [1.807, 2.05) is 0 Å². The minimum absolute atomic E-state index is 0.0382. The van der Waals surface area contributed by atoms with E-state index in [4.69, 9.17) is 10.5 Å². The second kappa shape index (κ2) is 6.32. The zero-order chi connectivity index (χ0) is 13.0. The molecule has 0 bridgehead atoms. The molecule has 2 rings (SSSR count). The van der Waals surface area contributed by atoms with Gasteiger partial charge in [-0.2, -0.15) is 0 Å². The van der Waals surface area contributed by atoms with E-state index in [0.29, 0.717) is 5.92 Å². The Morgan fingerprint density at radius 1 is 1.33 bits per heavy atom. The number of nitrogens with one attached hydrogen (secondary N) is 1. The van der Waals surface area contributed by atoms with Crippen molar-refractivity contribution >= 4 is 0 Å². The third-order valence-corrected chi connectivity index (χ3v) is 3.86. The monoisotopic (exact) mass is 248 g/mol. The van der Waals surface area contributed by atoms with E-state index in [-0.39, 0.29) is 12.1 Å². The van der Waals surface area contributed by atoms with Gasteiger partial charge in [0.2, 0.25) is 0 Å². The number of hydrogen-bond acceptors (Lipinski definition) is 3. The molecule has 3 nitrogen and oxygen atoms in total. The average Bonchev–Trinajstić information content (AvgIpc) is 2.47. The first-order valence-electron chi connectivity index (χ1n) is 6.90. The van der Waals surface area contributed by atoms with Crippen molar-refractivity contribution in [3.8, 4) is 0 Å². The fraction of sp³-hybridized carbons (Fsp3) is 0.600. The Morgan fingerprint density at radius 2 is 2.00 bits per heavy atom.